The van der Waals surface area contributed by atoms with E-state index >= 15 is 0 Å². The summed E-state index contributed by atoms with van der Waals surface area (Å²) in [5, 5.41) is 37.1. The number of carboxylic acids is 1. The van der Waals surface area contributed by atoms with Gasteiger partial charge in [0, 0.05) is 6.08 Å². The predicted octanol–water partition coefficient (Wildman–Crippen LogP) is 2.24. The molecular weight excluding hydrogens is 272 g/mol. The van der Waals surface area contributed by atoms with E-state index in [2.05, 4.69) is 0 Å². The van der Waals surface area contributed by atoms with Crippen molar-refractivity contribution in [2.45, 2.75) is 83.0 Å². The van der Waals surface area contributed by atoms with Crippen molar-refractivity contribution in [1.29, 1.82) is 0 Å². The molecule has 0 heterocycles. The van der Waals surface area contributed by atoms with Gasteiger partial charge >= 0.3 is 5.97 Å². The maximum absolute atomic E-state index is 10.2. The Labute approximate surface area is 127 Å². The molecule has 5 nitrogen and oxygen atoms in total. The third-order valence-electron chi connectivity index (χ3n) is 3.41. The van der Waals surface area contributed by atoms with Crippen molar-refractivity contribution in [2.24, 2.45) is 0 Å². The van der Waals surface area contributed by atoms with E-state index in [0.29, 0.717) is 32.1 Å². The molecule has 0 spiro atoms. The first-order chi connectivity index (χ1) is 9.91. The van der Waals surface area contributed by atoms with Crippen LogP contribution in [0.25, 0.3) is 0 Å². The van der Waals surface area contributed by atoms with Crippen molar-refractivity contribution in [3.63, 3.8) is 0 Å². The van der Waals surface area contributed by atoms with Crippen LogP contribution in [0.5, 0.6) is 0 Å². The largest absolute Gasteiger partial charge is 0.478 e. The van der Waals surface area contributed by atoms with E-state index < -0.39 is 12.1 Å². The Balaban J connectivity index is 3.50. The molecule has 3 unspecified atom stereocenters. The molecule has 0 saturated carbocycles. The summed E-state index contributed by atoms with van der Waals surface area (Å²) in [6.07, 6.45) is 8.04. The highest BCUT2D eigenvalue weighted by Gasteiger charge is 2.09. The number of aliphatic hydroxyl groups is 3. The van der Waals surface area contributed by atoms with Crippen LogP contribution in [0.4, 0.5) is 0 Å². The smallest absolute Gasteiger partial charge is 0.327 e. The number of allylic oxidation sites excluding steroid dienone is 1. The highest BCUT2D eigenvalue weighted by atomic mass is 16.4. The average molecular weight is 302 g/mol. The van der Waals surface area contributed by atoms with Gasteiger partial charge < -0.3 is 20.4 Å². The summed E-state index contributed by atoms with van der Waals surface area (Å²) < 4.78 is 0. The molecule has 0 aliphatic carbocycles. The van der Waals surface area contributed by atoms with Gasteiger partial charge in [-0.2, -0.15) is 0 Å². The lowest BCUT2D eigenvalue weighted by atomic mass is 10.0. The second kappa shape index (κ2) is 12.8. The first-order valence-electron chi connectivity index (χ1n) is 7.85. The quantitative estimate of drug-likeness (QED) is 0.309. The molecule has 21 heavy (non-hydrogen) atoms. The molecule has 0 aromatic carbocycles. The molecule has 0 rings (SSSR count). The van der Waals surface area contributed by atoms with Crippen LogP contribution < -0.4 is 0 Å². The molecule has 0 aliphatic rings. The summed E-state index contributed by atoms with van der Waals surface area (Å²) in [5.74, 6) is -0.950. The monoisotopic (exact) mass is 302 g/mol. The highest BCUT2D eigenvalue weighted by molar-refractivity contribution is 5.79. The maximum Gasteiger partial charge on any atom is 0.327 e. The summed E-state index contributed by atoms with van der Waals surface area (Å²) in [4.78, 5) is 10.2. The summed E-state index contributed by atoms with van der Waals surface area (Å²) in [7, 11) is 0. The fraction of sp³-hybridized carbons (Fsp3) is 0.812. The Morgan fingerprint density at radius 2 is 1.43 bits per heavy atom. The summed E-state index contributed by atoms with van der Waals surface area (Å²) in [5.41, 5.74) is 0. The van der Waals surface area contributed by atoms with Gasteiger partial charge in [-0.15, -0.1) is 0 Å². The van der Waals surface area contributed by atoms with Crippen LogP contribution in [0.3, 0.4) is 0 Å². The topological polar surface area (TPSA) is 98.0 Å². The lowest BCUT2D eigenvalue weighted by Gasteiger charge is -2.14. The van der Waals surface area contributed by atoms with Crippen molar-refractivity contribution < 1.29 is 25.2 Å². The Morgan fingerprint density at radius 1 is 0.905 bits per heavy atom. The van der Waals surface area contributed by atoms with Gasteiger partial charge in [-0.25, -0.2) is 4.79 Å². The molecule has 0 fully saturated rings. The Kier molecular flexibility index (Phi) is 12.2. The van der Waals surface area contributed by atoms with E-state index in [9.17, 15) is 15.0 Å². The summed E-state index contributed by atoms with van der Waals surface area (Å²) in [6, 6.07) is 0. The predicted molar refractivity (Wildman–Crippen MR) is 82.0 cm³/mol. The number of rotatable bonds is 13. The molecule has 0 bridgehead atoms. The molecule has 0 aromatic rings. The number of hydrogen-bond donors (Lipinski definition) is 4. The third-order valence-corrected chi connectivity index (χ3v) is 3.41. The van der Waals surface area contributed by atoms with Crippen molar-refractivity contribution in [3.05, 3.63) is 12.2 Å². The van der Waals surface area contributed by atoms with Crippen LogP contribution in [-0.4, -0.2) is 44.7 Å². The molecule has 124 valence electrons. The van der Waals surface area contributed by atoms with Crippen LogP contribution in [0.1, 0.15) is 64.7 Å². The minimum absolute atomic E-state index is 0.279. The average Bonchev–Trinajstić information content (AvgIpc) is 2.40. The number of hydrogen-bond acceptors (Lipinski definition) is 4. The van der Waals surface area contributed by atoms with Gasteiger partial charge in [-0.1, -0.05) is 18.9 Å². The van der Waals surface area contributed by atoms with Gasteiger partial charge in [0.1, 0.15) is 0 Å². The number of unbranched alkanes of at least 4 members (excludes halogenated alkanes) is 2. The van der Waals surface area contributed by atoms with E-state index in [0.717, 1.165) is 31.8 Å². The maximum atomic E-state index is 10.2. The first kappa shape index (κ1) is 20.1. The Morgan fingerprint density at radius 3 is 1.95 bits per heavy atom. The fourth-order valence-corrected chi connectivity index (χ4v) is 2.15. The zero-order valence-corrected chi connectivity index (χ0v) is 12.9. The minimum atomic E-state index is -0.950. The fourth-order valence-electron chi connectivity index (χ4n) is 2.15. The van der Waals surface area contributed by atoms with Gasteiger partial charge in [-0.3, -0.25) is 0 Å². The normalized spacial score (nSPS) is 16.0. The van der Waals surface area contributed by atoms with Gasteiger partial charge in [0.15, 0.2) is 0 Å². The van der Waals surface area contributed by atoms with Crippen molar-refractivity contribution in [3.8, 4) is 0 Å². The number of aliphatic hydroxyl groups excluding tert-OH is 3. The lowest BCUT2D eigenvalue weighted by molar-refractivity contribution is -0.131. The molecule has 5 heteroatoms. The number of aliphatic carboxylic acids is 1. The Bertz CT molecular complexity index is 288. The molecular formula is C16H30O5. The van der Waals surface area contributed by atoms with Crippen LogP contribution in [-0.2, 0) is 4.79 Å². The second-order valence-electron chi connectivity index (χ2n) is 5.69. The highest BCUT2D eigenvalue weighted by Crippen LogP contribution is 2.13. The minimum Gasteiger partial charge on any atom is -0.478 e. The van der Waals surface area contributed by atoms with E-state index in [1.54, 1.807) is 13.0 Å². The molecule has 0 radical (unpaired) electrons. The van der Waals surface area contributed by atoms with Gasteiger partial charge in [0.2, 0.25) is 0 Å². The molecule has 0 aromatic heterocycles. The van der Waals surface area contributed by atoms with Crippen LogP contribution in [0, 0.1) is 0 Å². The zero-order valence-electron chi connectivity index (χ0n) is 12.9. The van der Waals surface area contributed by atoms with Crippen molar-refractivity contribution in [2.75, 3.05) is 0 Å². The first-order valence-corrected chi connectivity index (χ1v) is 7.85. The molecule has 0 saturated heterocycles. The summed E-state index contributed by atoms with van der Waals surface area (Å²) in [6.45, 7) is 1.76. The third kappa shape index (κ3) is 15.3. The van der Waals surface area contributed by atoms with E-state index in [4.69, 9.17) is 10.2 Å². The van der Waals surface area contributed by atoms with Crippen molar-refractivity contribution >= 4 is 5.97 Å². The Hall–Kier alpha value is -0.910. The molecule has 0 amide bonds. The molecule has 0 aliphatic heterocycles. The zero-order chi connectivity index (χ0) is 16.1. The van der Waals surface area contributed by atoms with Crippen molar-refractivity contribution in [1.82, 2.24) is 0 Å². The van der Waals surface area contributed by atoms with Crippen LogP contribution in [0.2, 0.25) is 0 Å². The second-order valence-corrected chi connectivity index (χ2v) is 5.69. The summed E-state index contributed by atoms with van der Waals surface area (Å²) >= 11 is 0. The number of carboxylic acid groups (broad SMARTS) is 1. The van der Waals surface area contributed by atoms with Gasteiger partial charge in [-0.05, 0) is 51.9 Å². The van der Waals surface area contributed by atoms with Crippen LogP contribution in [0.15, 0.2) is 12.2 Å². The van der Waals surface area contributed by atoms with E-state index in [-0.39, 0.29) is 12.2 Å². The SMILES string of the molecule is CC(O)CCCCC(O)CCC(O)CCCC=CC(=O)O. The standard InChI is InChI=1S/C16H30O5/c1-13(17)7-5-6-9-15(19)12-11-14(18)8-3-2-4-10-16(20)21/h4,10,13-15,17-19H,2-3,5-9,11-12H2,1H3,(H,20,21). The van der Waals surface area contributed by atoms with Crippen LogP contribution >= 0.6 is 0 Å². The van der Waals surface area contributed by atoms with E-state index in [1.165, 1.54) is 0 Å². The van der Waals surface area contributed by atoms with Gasteiger partial charge in [0.25, 0.3) is 0 Å². The lowest BCUT2D eigenvalue weighted by Crippen LogP contribution is -2.13. The van der Waals surface area contributed by atoms with Gasteiger partial charge in [0.05, 0.1) is 18.3 Å². The molecule has 3 atom stereocenters. The number of carbonyl (C=O) groups is 1. The van der Waals surface area contributed by atoms with E-state index in [1.807, 2.05) is 0 Å². The molecule has 4 N–H and O–H groups in total.